The minimum Gasteiger partial charge on any atom is -0.248 e. The maximum Gasteiger partial charge on any atom is 0.0737 e. The van der Waals surface area contributed by atoms with Crippen molar-refractivity contribution in [2.75, 3.05) is 0 Å². The van der Waals surface area contributed by atoms with Gasteiger partial charge in [-0.2, -0.15) is 0 Å². The Balaban J connectivity index is 2.60. The second kappa shape index (κ2) is 7.03. The summed E-state index contributed by atoms with van der Waals surface area (Å²) in [7, 11) is 0. The molecule has 0 aliphatic carbocycles. The number of para-hydroxylation sites is 1. The van der Waals surface area contributed by atoms with Gasteiger partial charge in [0.15, 0.2) is 0 Å². The topological polar surface area (TPSA) is 12.4 Å². The van der Waals surface area contributed by atoms with E-state index in [2.05, 4.69) is 70.2 Å². The average molecular weight is 277 g/mol. The first-order valence-corrected chi connectivity index (χ1v) is 7.50. The lowest BCUT2D eigenvalue weighted by Crippen LogP contribution is -2.04. The lowest BCUT2D eigenvalue weighted by atomic mass is 9.98. The number of rotatable bonds is 4. The summed E-state index contributed by atoms with van der Waals surface area (Å²) in [5.41, 5.74) is 7.14. The van der Waals surface area contributed by atoms with Crippen LogP contribution in [-0.4, -0.2) is 5.71 Å². The quantitative estimate of drug-likeness (QED) is 0.620. The van der Waals surface area contributed by atoms with Crippen LogP contribution in [0.15, 0.2) is 70.7 Å². The zero-order chi connectivity index (χ0) is 15.2. The molecular formula is C20H23N. The normalized spacial score (nSPS) is 13.0. The van der Waals surface area contributed by atoms with Gasteiger partial charge in [-0.05, 0) is 44.4 Å². The first-order valence-electron chi connectivity index (χ1n) is 7.50. The van der Waals surface area contributed by atoms with Gasteiger partial charge in [0.1, 0.15) is 0 Å². The molecule has 0 spiro atoms. The van der Waals surface area contributed by atoms with Crippen LogP contribution in [-0.2, 0) is 0 Å². The van der Waals surface area contributed by atoms with Crippen LogP contribution >= 0.6 is 0 Å². The minimum absolute atomic E-state index is 1.04. The summed E-state index contributed by atoms with van der Waals surface area (Å²) in [5, 5.41) is 0. The van der Waals surface area contributed by atoms with E-state index in [1.807, 2.05) is 12.1 Å². The first-order chi connectivity index (χ1) is 10.1. The second-order valence-corrected chi connectivity index (χ2v) is 5.37. The van der Waals surface area contributed by atoms with Gasteiger partial charge in [-0.3, -0.25) is 0 Å². The van der Waals surface area contributed by atoms with Gasteiger partial charge in [-0.25, -0.2) is 4.99 Å². The zero-order valence-corrected chi connectivity index (χ0v) is 13.4. The lowest BCUT2D eigenvalue weighted by Gasteiger charge is -2.12. The molecule has 0 saturated heterocycles. The van der Waals surface area contributed by atoms with Gasteiger partial charge in [0.05, 0.1) is 11.4 Å². The Kier molecular flexibility index (Phi) is 5.10. The number of aryl methyl sites for hydroxylation is 1. The number of hydrogen-bond acceptors (Lipinski definition) is 1. The molecule has 2 aromatic carbocycles. The van der Waals surface area contributed by atoms with Gasteiger partial charge < -0.3 is 0 Å². The van der Waals surface area contributed by atoms with Crippen molar-refractivity contribution in [2.24, 2.45) is 4.99 Å². The fourth-order valence-corrected chi connectivity index (χ4v) is 2.24. The molecule has 0 N–H and O–H groups in total. The Hall–Kier alpha value is -2.15. The van der Waals surface area contributed by atoms with E-state index in [0.717, 1.165) is 17.8 Å². The van der Waals surface area contributed by atoms with Crippen LogP contribution < -0.4 is 0 Å². The number of nitrogens with zero attached hydrogens (tertiary/aromatic N) is 1. The SMILES string of the molecule is CC/C(C)=C(/C)C(=Nc1ccccc1C)c1ccccc1. The van der Waals surface area contributed by atoms with Crippen LogP contribution in [0, 0.1) is 6.92 Å². The van der Waals surface area contributed by atoms with Gasteiger partial charge >= 0.3 is 0 Å². The molecule has 108 valence electrons. The van der Waals surface area contributed by atoms with Crippen LogP contribution in [0.1, 0.15) is 38.3 Å². The molecule has 2 aromatic rings. The maximum absolute atomic E-state index is 4.96. The molecule has 1 nitrogen and oxygen atoms in total. The third kappa shape index (κ3) is 3.69. The molecule has 0 aliphatic heterocycles. The van der Waals surface area contributed by atoms with Crippen molar-refractivity contribution in [3.05, 3.63) is 76.9 Å². The molecule has 0 amide bonds. The summed E-state index contributed by atoms with van der Waals surface area (Å²) >= 11 is 0. The first kappa shape index (κ1) is 15.2. The molecule has 0 bridgehead atoms. The number of hydrogen-bond donors (Lipinski definition) is 0. The van der Waals surface area contributed by atoms with Crippen LogP contribution in [0.3, 0.4) is 0 Å². The van der Waals surface area contributed by atoms with E-state index in [1.54, 1.807) is 0 Å². The summed E-state index contributed by atoms with van der Waals surface area (Å²) in [6.45, 7) is 8.65. The Bertz CT molecular complexity index is 663. The highest BCUT2D eigenvalue weighted by molar-refractivity contribution is 6.13. The summed E-state index contributed by atoms with van der Waals surface area (Å²) in [4.78, 5) is 4.96. The zero-order valence-electron chi connectivity index (χ0n) is 13.4. The van der Waals surface area contributed by atoms with Gasteiger partial charge in [0.25, 0.3) is 0 Å². The van der Waals surface area contributed by atoms with Crippen LogP contribution in [0.4, 0.5) is 5.69 Å². The third-order valence-electron chi connectivity index (χ3n) is 3.92. The van der Waals surface area contributed by atoms with E-state index in [-0.39, 0.29) is 0 Å². The summed E-state index contributed by atoms with van der Waals surface area (Å²) in [6.07, 6.45) is 1.05. The van der Waals surface area contributed by atoms with Crippen LogP contribution in [0.25, 0.3) is 0 Å². The predicted octanol–water partition coefficient (Wildman–Crippen LogP) is 5.86. The Labute approximate surface area is 128 Å². The molecule has 21 heavy (non-hydrogen) atoms. The molecular weight excluding hydrogens is 254 g/mol. The van der Waals surface area contributed by atoms with Crippen molar-refractivity contribution < 1.29 is 0 Å². The number of allylic oxidation sites excluding steroid dienone is 2. The van der Waals surface area contributed by atoms with Gasteiger partial charge in [0, 0.05) is 5.56 Å². The van der Waals surface area contributed by atoms with Crippen molar-refractivity contribution >= 4 is 11.4 Å². The van der Waals surface area contributed by atoms with E-state index >= 15 is 0 Å². The molecule has 0 saturated carbocycles. The predicted molar refractivity (Wildman–Crippen MR) is 92.5 cm³/mol. The molecule has 1 heteroatoms. The molecule has 0 aromatic heterocycles. The van der Waals surface area contributed by atoms with Crippen LogP contribution in [0.2, 0.25) is 0 Å². The van der Waals surface area contributed by atoms with Gasteiger partial charge in [-0.15, -0.1) is 0 Å². The minimum atomic E-state index is 1.04. The maximum atomic E-state index is 4.96. The second-order valence-electron chi connectivity index (χ2n) is 5.37. The van der Waals surface area contributed by atoms with Gasteiger partial charge in [-0.1, -0.05) is 61.0 Å². The highest BCUT2D eigenvalue weighted by Gasteiger charge is 2.09. The van der Waals surface area contributed by atoms with E-state index < -0.39 is 0 Å². The fourth-order valence-electron chi connectivity index (χ4n) is 2.24. The smallest absolute Gasteiger partial charge is 0.0737 e. The summed E-state index contributed by atoms with van der Waals surface area (Å²) < 4.78 is 0. The third-order valence-corrected chi connectivity index (χ3v) is 3.92. The van der Waals surface area contributed by atoms with Crippen LogP contribution in [0.5, 0.6) is 0 Å². The Morgan fingerprint density at radius 3 is 2.14 bits per heavy atom. The van der Waals surface area contributed by atoms with E-state index in [9.17, 15) is 0 Å². The van der Waals surface area contributed by atoms with E-state index in [4.69, 9.17) is 4.99 Å². The molecule has 0 unspecified atom stereocenters. The van der Waals surface area contributed by atoms with Crippen molar-refractivity contribution in [3.8, 4) is 0 Å². The molecule has 0 atom stereocenters. The average Bonchev–Trinajstić information content (AvgIpc) is 2.53. The molecule has 0 radical (unpaired) electrons. The Morgan fingerprint density at radius 2 is 1.52 bits per heavy atom. The van der Waals surface area contributed by atoms with Crippen molar-refractivity contribution in [1.82, 2.24) is 0 Å². The van der Waals surface area contributed by atoms with E-state index in [1.165, 1.54) is 22.3 Å². The van der Waals surface area contributed by atoms with Gasteiger partial charge in [0.2, 0.25) is 0 Å². The van der Waals surface area contributed by atoms with E-state index in [0.29, 0.717) is 0 Å². The van der Waals surface area contributed by atoms with Crippen molar-refractivity contribution in [3.63, 3.8) is 0 Å². The molecule has 2 rings (SSSR count). The van der Waals surface area contributed by atoms with Crippen molar-refractivity contribution in [1.29, 1.82) is 0 Å². The molecule has 0 heterocycles. The highest BCUT2D eigenvalue weighted by Crippen LogP contribution is 2.23. The summed E-state index contributed by atoms with van der Waals surface area (Å²) in [5.74, 6) is 0. The molecule has 0 aliphatic rings. The highest BCUT2D eigenvalue weighted by atomic mass is 14.8. The lowest BCUT2D eigenvalue weighted by molar-refractivity contribution is 1.08. The largest absolute Gasteiger partial charge is 0.248 e. The monoisotopic (exact) mass is 277 g/mol. The molecule has 0 fully saturated rings. The summed E-state index contributed by atoms with van der Waals surface area (Å²) in [6, 6.07) is 18.7. The number of benzene rings is 2. The fraction of sp³-hybridized carbons (Fsp3) is 0.250. The Morgan fingerprint density at radius 1 is 0.905 bits per heavy atom. The van der Waals surface area contributed by atoms with Crippen molar-refractivity contribution in [2.45, 2.75) is 34.1 Å². The standard InChI is InChI=1S/C20H23N/c1-5-15(2)17(4)20(18-12-7-6-8-13-18)21-19-14-10-9-11-16(19)3/h6-14H,5H2,1-4H3/b17-15-,21-20?. The number of aliphatic imine (C=N–C) groups is 1.